The molecular weight excluding hydrogens is 336 g/mol. The molecule has 0 aliphatic carbocycles. The summed E-state index contributed by atoms with van der Waals surface area (Å²) >= 11 is 0. The quantitative estimate of drug-likeness (QED) is 0.646. The van der Waals surface area contributed by atoms with Gasteiger partial charge in [-0.05, 0) is 63.1 Å². The van der Waals surface area contributed by atoms with E-state index in [1.807, 2.05) is 11.0 Å². The third-order valence-corrected chi connectivity index (χ3v) is 4.54. The van der Waals surface area contributed by atoms with Crippen molar-refractivity contribution in [2.24, 2.45) is 0 Å². The van der Waals surface area contributed by atoms with Gasteiger partial charge in [0.2, 0.25) is 0 Å². The van der Waals surface area contributed by atoms with Crippen LogP contribution in [0.3, 0.4) is 0 Å². The minimum Gasteiger partial charge on any atom is -0.372 e. The van der Waals surface area contributed by atoms with Crippen molar-refractivity contribution in [2.75, 3.05) is 36.4 Å². The first-order valence-electron chi connectivity index (χ1n) is 10.00. The maximum Gasteiger partial charge on any atom is 0.272 e. The second kappa shape index (κ2) is 10.6. The summed E-state index contributed by atoms with van der Waals surface area (Å²) in [6.45, 7) is 12.0. The molecule has 5 nitrogen and oxygen atoms in total. The molecule has 0 fully saturated rings. The number of amides is 1. The largest absolute Gasteiger partial charge is 0.372 e. The van der Waals surface area contributed by atoms with Crippen LogP contribution in [0.2, 0.25) is 0 Å². The van der Waals surface area contributed by atoms with Crippen molar-refractivity contribution < 1.29 is 4.79 Å². The Kier molecular flexibility index (Phi) is 8.11. The number of carbonyl (C=O) groups excluding carboxylic acids is 1. The Bertz CT molecular complexity index is 687. The third-order valence-electron chi connectivity index (χ3n) is 4.54. The molecular formula is C22H32N4O. The molecule has 5 heteroatoms. The molecule has 0 spiro atoms. The molecule has 1 heterocycles. The summed E-state index contributed by atoms with van der Waals surface area (Å²) < 4.78 is 0. The topological polar surface area (TPSA) is 48.5 Å². The monoisotopic (exact) mass is 368 g/mol. The fraction of sp³-hybridized carbons (Fsp3) is 0.455. The Morgan fingerprint density at radius 2 is 1.48 bits per heavy atom. The normalized spacial score (nSPS) is 10.5. The lowest BCUT2D eigenvalue weighted by molar-refractivity contribution is 0.0749. The number of pyridine rings is 1. The van der Waals surface area contributed by atoms with E-state index in [0.29, 0.717) is 5.69 Å². The van der Waals surface area contributed by atoms with Crippen molar-refractivity contribution in [3.05, 3.63) is 48.3 Å². The number of hydrogen-bond donors (Lipinski definition) is 1. The van der Waals surface area contributed by atoms with Crippen LogP contribution in [0.5, 0.6) is 0 Å². The lowest BCUT2D eigenvalue weighted by atomic mass is 10.2. The van der Waals surface area contributed by atoms with Crippen LogP contribution in [0.25, 0.3) is 0 Å². The van der Waals surface area contributed by atoms with Gasteiger partial charge < -0.3 is 15.1 Å². The van der Waals surface area contributed by atoms with Crippen LogP contribution in [-0.4, -0.2) is 42.0 Å². The molecule has 1 aromatic carbocycles. The van der Waals surface area contributed by atoms with E-state index in [4.69, 9.17) is 0 Å². The van der Waals surface area contributed by atoms with E-state index >= 15 is 0 Å². The summed E-state index contributed by atoms with van der Waals surface area (Å²) in [7, 11) is 0. The Balaban J connectivity index is 2.03. The first-order chi connectivity index (χ1) is 13.1. The van der Waals surface area contributed by atoms with Gasteiger partial charge in [0.1, 0.15) is 5.69 Å². The molecule has 2 rings (SSSR count). The molecule has 0 unspecified atom stereocenters. The summed E-state index contributed by atoms with van der Waals surface area (Å²) in [4.78, 5) is 21.1. The van der Waals surface area contributed by atoms with Gasteiger partial charge in [-0.1, -0.05) is 13.8 Å². The third kappa shape index (κ3) is 5.71. The fourth-order valence-corrected chi connectivity index (χ4v) is 3.12. The summed E-state index contributed by atoms with van der Waals surface area (Å²) in [5, 5.41) is 3.35. The molecule has 0 saturated heterocycles. The molecule has 0 bridgehead atoms. The number of nitrogens with zero attached hydrogens (tertiary/aromatic N) is 3. The van der Waals surface area contributed by atoms with Gasteiger partial charge in [-0.15, -0.1) is 0 Å². The Morgan fingerprint density at radius 1 is 0.889 bits per heavy atom. The van der Waals surface area contributed by atoms with Gasteiger partial charge in [-0.3, -0.25) is 4.79 Å². The predicted octanol–water partition coefficient (Wildman–Crippen LogP) is 4.93. The van der Waals surface area contributed by atoms with Gasteiger partial charge in [0.25, 0.3) is 5.91 Å². The van der Waals surface area contributed by atoms with E-state index in [0.717, 1.165) is 50.4 Å². The maximum atomic E-state index is 12.6. The number of hydrogen-bond acceptors (Lipinski definition) is 4. The average molecular weight is 369 g/mol. The van der Waals surface area contributed by atoms with E-state index in [1.54, 1.807) is 12.3 Å². The summed E-state index contributed by atoms with van der Waals surface area (Å²) in [6.07, 6.45) is 3.63. The minimum absolute atomic E-state index is 0.00817. The molecule has 0 aliphatic heterocycles. The zero-order valence-electron chi connectivity index (χ0n) is 17.0. The highest BCUT2D eigenvalue weighted by Crippen LogP contribution is 2.21. The van der Waals surface area contributed by atoms with Crippen molar-refractivity contribution >= 4 is 23.0 Å². The molecule has 2 aromatic rings. The van der Waals surface area contributed by atoms with E-state index in [1.165, 1.54) is 5.69 Å². The van der Waals surface area contributed by atoms with Crippen molar-refractivity contribution in [3.8, 4) is 0 Å². The van der Waals surface area contributed by atoms with Crippen LogP contribution in [0, 0.1) is 0 Å². The fourth-order valence-electron chi connectivity index (χ4n) is 3.12. The summed E-state index contributed by atoms with van der Waals surface area (Å²) in [5.74, 6) is 0.00817. The van der Waals surface area contributed by atoms with E-state index in [9.17, 15) is 4.79 Å². The summed E-state index contributed by atoms with van der Waals surface area (Å²) in [5.41, 5.74) is 3.60. The molecule has 0 atom stereocenters. The van der Waals surface area contributed by atoms with Gasteiger partial charge in [0, 0.05) is 37.6 Å². The molecule has 1 N–H and O–H groups in total. The smallest absolute Gasteiger partial charge is 0.272 e. The maximum absolute atomic E-state index is 12.6. The van der Waals surface area contributed by atoms with E-state index in [2.05, 4.69) is 67.2 Å². The van der Waals surface area contributed by atoms with Gasteiger partial charge in [0.15, 0.2) is 0 Å². The van der Waals surface area contributed by atoms with Gasteiger partial charge >= 0.3 is 0 Å². The molecule has 1 aromatic heterocycles. The highest BCUT2D eigenvalue weighted by atomic mass is 16.2. The number of aromatic nitrogens is 1. The zero-order valence-corrected chi connectivity index (χ0v) is 17.0. The van der Waals surface area contributed by atoms with Gasteiger partial charge in [0.05, 0.1) is 11.9 Å². The van der Waals surface area contributed by atoms with Crippen molar-refractivity contribution in [1.29, 1.82) is 0 Å². The van der Waals surface area contributed by atoms with Crippen molar-refractivity contribution in [3.63, 3.8) is 0 Å². The molecule has 0 saturated carbocycles. The molecule has 1 amide bonds. The molecule has 0 aliphatic rings. The van der Waals surface area contributed by atoms with E-state index in [-0.39, 0.29) is 5.91 Å². The van der Waals surface area contributed by atoms with Crippen LogP contribution in [0.4, 0.5) is 17.1 Å². The predicted molar refractivity (Wildman–Crippen MR) is 114 cm³/mol. The standard InChI is InChI=1S/C22H32N4O/c1-5-15-26(16-6-2)22(27)21-14-11-19(17-23-21)24-18-9-12-20(13-10-18)25(7-3)8-4/h9-14,17,24H,5-8,15-16H2,1-4H3. The SMILES string of the molecule is CCCN(CCC)C(=O)c1ccc(Nc2ccc(N(CC)CC)cc2)cn1. The lowest BCUT2D eigenvalue weighted by Crippen LogP contribution is -2.33. The second-order valence-corrected chi connectivity index (χ2v) is 6.57. The molecule has 146 valence electrons. The van der Waals surface area contributed by atoms with E-state index < -0.39 is 0 Å². The van der Waals surface area contributed by atoms with Crippen molar-refractivity contribution in [1.82, 2.24) is 9.88 Å². The Morgan fingerprint density at radius 3 is 1.96 bits per heavy atom. The molecule has 27 heavy (non-hydrogen) atoms. The van der Waals surface area contributed by atoms with Crippen LogP contribution in [0.1, 0.15) is 51.0 Å². The number of carbonyl (C=O) groups is 1. The number of benzene rings is 1. The van der Waals surface area contributed by atoms with Crippen LogP contribution in [0.15, 0.2) is 42.6 Å². The van der Waals surface area contributed by atoms with Gasteiger partial charge in [-0.2, -0.15) is 0 Å². The Hall–Kier alpha value is -2.56. The lowest BCUT2D eigenvalue weighted by Gasteiger charge is -2.21. The number of anilines is 3. The first-order valence-corrected chi connectivity index (χ1v) is 10.00. The summed E-state index contributed by atoms with van der Waals surface area (Å²) in [6, 6.07) is 12.1. The van der Waals surface area contributed by atoms with Crippen molar-refractivity contribution in [2.45, 2.75) is 40.5 Å². The number of rotatable bonds is 10. The number of nitrogens with one attached hydrogen (secondary N) is 1. The second-order valence-electron chi connectivity index (χ2n) is 6.57. The van der Waals surface area contributed by atoms with Crippen LogP contribution < -0.4 is 10.2 Å². The minimum atomic E-state index is 0.00817. The molecule has 0 radical (unpaired) electrons. The Labute approximate surface area is 163 Å². The van der Waals surface area contributed by atoms with Gasteiger partial charge in [-0.25, -0.2) is 4.98 Å². The van der Waals surface area contributed by atoms with Crippen LogP contribution >= 0.6 is 0 Å². The first kappa shape index (κ1) is 20.7. The zero-order chi connectivity index (χ0) is 19.6. The highest BCUT2D eigenvalue weighted by molar-refractivity contribution is 5.92. The highest BCUT2D eigenvalue weighted by Gasteiger charge is 2.15. The van der Waals surface area contributed by atoms with Crippen LogP contribution in [-0.2, 0) is 0 Å². The average Bonchev–Trinajstić information content (AvgIpc) is 2.70.